The van der Waals surface area contributed by atoms with E-state index < -0.39 is 0 Å². The summed E-state index contributed by atoms with van der Waals surface area (Å²) in [5.41, 5.74) is 1.01. The van der Waals surface area contributed by atoms with Gasteiger partial charge in [0.05, 0.1) is 26.9 Å². The molecule has 0 bridgehead atoms. The van der Waals surface area contributed by atoms with Gasteiger partial charge in [-0.05, 0) is 46.6 Å². The van der Waals surface area contributed by atoms with Crippen molar-refractivity contribution in [2.45, 2.75) is 6.42 Å². The SMILES string of the molecule is COc1ccccc1C(=O)N1CCCN(C(=O)c2cc(OC)c(Br)c(OC)c2)CC1. The molecule has 7 nitrogen and oxygen atoms in total. The van der Waals surface area contributed by atoms with Gasteiger partial charge < -0.3 is 24.0 Å². The molecule has 0 spiro atoms. The molecule has 1 aliphatic heterocycles. The van der Waals surface area contributed by atoms with Crippen LogP contribution in [0, 0.1) is 0 Å². The number of hydrogen-bond acceptors (Lipinski definition) is 5. The number of carbonyl (C=O) groups excluding carboxylic acids is 2. The van der Waals surface area contributed by atoms with Gasteiger partial charge in [-0.3, -0.25) is 9.59 Å². The second-order valence-electron chi connectivity index (χ2n) is 6.83. The third-order valence-electron chi connectivity index (χ3n) is 5.10. The number of nitrogens with zero attached hydrogens (tertiary/aromatic N) is 2. The number of methoxy groups -OCH3 is 3. The molecule has 0 aromatic heterocycles. The molecular formula is C22H25BrN2O5. The predicted molar refractivity (Wildman–Crippen MR) is 117 cm³/mol. The largest absolute Gasteiger partial charge is 0.496 e. The molecule has 0 saturated carbocycles. The highest BCUT2D eigenvalue weighted by Crippen LogP contribution is 2.36. The number of amides is 2. The molecule has 0 N–H and O–H groups in total. The summed E-state index contributed by atoms with van der Waals surface area (Å²) in [7, 11) is 4.64. The molecule has 1 saturated heterocycles. The summed E-state index contributed by atoms with van der Waals surface area (Å²) in [5.74, 6) is 1.40. The molecule has 2 amide bonds. The first kappa shape index (κ1) is 22.0. The Morgan fingerprint density at radius 3 is 1.90 bits per heavy atom. The summed E-state index contributed by atoms with van der Waals surface area (Å²) in [6.07, 6.45) is 0.692. The van der Waals surface area contributed by atoms with Crippen LogP contribution in [0.15, 0.2) is 40.9 Å². The van der Waals surface area contributed by atoms with Crippen LogP contribution < -0.4 is 14.2 Å². The molecular weight excluding hydrogens is 452 g/mol. The third-order valence-corrected chi connectivity index (χ3v) is 5.88. The van der Waals surface area contributed by atoms with E-state index in [0.29, 0.717) is 65.4 Å². The Kier molecular flexibility index (Phi) is 7.20. The van der Waals surface area contributed by atoms with Crippen molar-refractivity contribution in [3.05, 3.63) is 52.0 Å². The van der Waals surface area contributed by atoms with Gasteiger partial charge in [0.15, 0.2) is 0 Å². The van der Waals surface area contributed by atoms with Crippen LogP contribution >= 0.6 is 15.9 Å². The van der Waals surface area contributed by atoms with E-state index in [1.165, 1.54) is 0 Å². The van der Waals surface area contributed by atoms with E-state index in [-0.39, 0.29) is 11.8 Å². The van der Waals surface area contributed by atoms with Gasteiger partial charge in [-0.15, -0.1) is 0 Å². The first-order chi connectivity index (χ1) is 14.5. The van der Waals surface area contributed by atoms with Crippen molar-refractivity contribution < 1.29 is 23.8 Å². The predicted octanol–water partition coefficient (Wildman–Crippen LogP) is 3.46. The fourth-order valence-corrected chi connectivity index (χ4v) is 4.04. The van der Waals surface area contributed by atoms with Crippen molar-refractivity contribution in [1.82, 2.24) is 9.80 Å². The maximum Gasteiger partial charge on any atom is 0.257 e. The minimum absolute atomic E-state index is 0.0891. The molecule has 2 aromatic carbocycles. The molecule has 8 heteroatoms. The Morgan fingerprint density at radius 1 is 0.800 bits per heavy atom. The second kappa shape index (κ2) is 9.84. The van der Waals surface area contributed by atoms with Gasteiger partial charge in [-0.25, -0.2) is 0 Å². The zero-order chi connectivity index (χ0) is 21.7. The van der Waals surface area contributed by atoms with Crippen LogP contribution in [0.5, 0.6) is 17.2 Å². The Hall–Kier alpha value is -2.74. The summed E-state index contributed by atoms with van der Waals surface area (Å²) < 4.78 is 16.7. The van der Waals surface area contributed by atoms with Gasteiger partial charge in [-0.2, -0.15) is 0 Å². The molecule has 30 heavy (non-hydrogen) atoms. The number of carbonyl (C=O) groups is 2. The van der Waals surface area contributed by atoms with Gasteiger partial charge in [0.25, 0.3) is 11.8 Å². The summed E-state index contributed by atoms with van der Waals surface area (Å²) >= 11 is 3.42. The second-order valence-corrected chi connectivity index (χ2v) is 7.63. The first-order valence-electron chi connectivity index (χ1n) is 9.63. The van der Waals surface area contributed by atoms with Gasteiger partial charge in [-0.1, -0.05) is 12.1 Å². The molecule has 1 aliphatic rings. The molecule has 2 aromatic rings. The number of rotatable bonds is 5. The highest BCUT2D eigenvalue weighted by molar-refractivity contribution is 9.10. The Labute approximate surface area is 184 Å². The number of benzene rings is 2. The van der Waals surface area contributed by atoms with Crippen LogP contribution in [0.4, 0.5) is 0 Å². The number of para-hydroxylation sites is 1. The van der Waals surface area contributed by atoms with Crippen molar-refractivity contribution in [2.24, 2.45) is 0 Å². The fraction of sp³-hybridized carbons (Fsp3) is 0.364. The average molecular weight is 477 g/mol. The van der Waals surface area contributed by atoms with Gasteiger partial charge in [0.2, 0.25) is 0 Å². The zero-order valence-electron chi connectivity index (χ0n) is 17.3. The molecule has 1 fully saturated rings. The van der Waals surface area contributed by atoms with Crippen molar-refractivity contribution >= 4 is 27.7 Å². The molecule has 3 rings (SSSR count). The van der Waals surface area contributed by atoms with Crippen molar-refractivity contribution in [3.63, 3.8) is 0 Å². The first-order valence-corrected chi connectivity index (χ1v) is 10.4. The maximum absolute atomic E-state index is 13.1. The Bertz CT molecular complexity index is 908. The molecule has 0 radical (unpaired) electrons. The van der Waals surface area contributed by atoms with E-state index in [1.807, 2.05) is 12.1 Å². The van der Waals surface area contributed by atoms with Crippen LogP contribution in [-0.4, -0.2) is 69.1 Å². The molecule has 0 atom stereocenters. The van der Waals surface area contributed by atoms with E-state index in [1.54, 1.807) is 55.4 Å². The van der Waals surface area contributed by atoms with E-state index in [4.69, 9.17) is 14.2 Å². The third kappa shape index (κ3) is 4.53. The van der Waals surface area contributed by atoms with Gasteiger partial charge >= 0.3 is 0 Å². The van der Waals surface area contributed by atoms with Crippen LogP contribution in [-0.2, 0) is 0 Å². The van der Waals surface area contributed by atoms with E-state index in [2.05, 4.69) is 15.9 Å². The van der Waals surface area contributed by atoms with E-state index in [0.717, 1.165) is 0 Å². The fourth-order valence-electron chi connectivity index (χ4n) is 3.49. The van der Waals surface area contributed by atoms with Crippen molar-refractivity contribution in [3.8, 4) is 17.2 Å². The number of hydrogen-bond donors (Lipinski definition) is 0. The molecule has 0 aliphatic carbocycles. The monoisotopic (exact) mass is 476 g/mol. The zero-order valence-corrected chi connectivity index (χ0v) is 18.9. The lowest BCUT2D eigenvalue weighted by Gasteiger charge is -2.23. The topological polar surface area (TPSA) is 68.3 Å². The summed E-state index contributed by atoms with van der Waals surface area (Å²) in [5, 5.41) is 0. The average Bonchev–Trinajstić information content (AvgIpc) is 3.04. The highest BCUT2D eigenvalue weighted by Gasteiger charge is 2.26. The molecule has 0 unspecified atom stereocenters. The Balaban J connectivity index is 1.75. The van der Waals surface area contributed by atoms with E-state index >= 15 is 0 Å². The Morgan fingerprint density at radius 2 is 1.33 bits per heavy atom. The lowest BCUT2D eigenvalue weighted by Crippen LogP contribution is -2.37. The summed E-state index contributed by atoms with van der Waals surface area (Å²) in [6.45, 7) is 2.04. The van der Waals surface area contributed by atoms with Crippen LogP contribution in [0.2, 0.25) is 0 Å². The van der Waals surface area contributed by atoms with E-state index in [9.17, 15) is 9.59 Å². The molecule has 160 valence electrons. The summed E-state index contributed by atoms with van der Waals surface area (Å²) in [6, 6.07) is 10.6. The summed E-state index contributed by atoms with van der Waals surface area (Å²) in [4.78, 5) is 29.6. The lowest BCUT2D eigenvalue weighted by molar-refractivity contribution is 0.0716. The van der Waals surface area contributed by atoms with Crippen LogP contribution in [0.3, 0.4) is 0 Å². The maximum atomic E-state index is 13.1. The van der Waals surface area contributed by atoms with Crippen molar-refractivity contribution in [2.75, 3.05) is 47.5 Å². The molecule has 1 heterocycles. The quantitative estimate of drug-likeness (QED) is 0.660. The standard InChI is InChI=1S/C22H25BrN2O5/c1-28-17-8-5-4-7-16(17)22(27)25-10-6-9-24(11-12-25)21(26)15-13-18(29-2)20(23)19(14-15)30-3/h4-5,7-8,13-14H,6,9-12H2,1-3H3. The van der Waals surface area contributed by atoms with Gasteiger partial charge in [0.1, 0.15) is 21.7 Å². The normalized spacial score (nSPS) is 14.1. The number of halogens is 1. The number of ether oxygens (including phenoxy) is 3. The minimum atomic E-state index is -0.120. The van der Waals surface area contributed by atoms with Gasteiger partial charge in [0, 0.05) is 31.7 Å². The van der Waals surface area contributed by atoms with Crippen LogP contribution in [0.25, 0.3) is 0 Å². The minimum Gasteiger partial charge on any atom is -0.496 e. The smallest absolute Gasteiger partial charge is 0.257 e. The lowest BCUT2D eigenvalue weighted by atomic mass is 10.1. The van der Waals surface area contributed by atoms with Crippen molar-refractivity contribution in [1.29, 1.82) is 0 Å². The highest BCUT2D eigenvalue weighted by atomic mass is 79.9. The van der Waals surface area contributed by atoms with Crippen LogP contribution in [0.1, 0.15) is 27.1 Å².